The number of hydrogen-bond acceptors (Lipinski definition) is 4. The predicted molar refractivity (Wildman–Crippen MR) is 77.7 cm³/mol. The molecule has 104 valence electrons. The molecule has 0 aliphatic carbocycles. The van der Waals surface area contributed by atoms with Crippen molar-refractivity contribution in [3.8, 4) is 10.6 Å². The molecule has 2 aliphatic heterocycles. The first-order valence-electron chi connectivity index (χ1n) is 6.90. The van der Waals surface area contributed by atoms with Crippen LogP contribution in [0.3, 0.4) is 0 Å². The van der Waals surface area contributed by atoms with Gasteiger partial charge in [-0.15, -0.1) is 11.3 Å². The number of likely N-dealkylation sites (tertiary alicyclic amines) is 1. The van der Waals surface area contributed by atoms with Crippen LogP contribution in [-0.2, 0) is 0 Å². The zero-order valence-electron chi connectivity index (χ0n) is 11.0. The molecule has 2 aromatic heterocycles. The monoisotopic (exact) mass is 288 g/mol. The van der Waals surface area contributed by atoms with Crippen LogP contribution in [0.15, 0.2) is 23.6 Å². The quantitative estimate of drug-likeness (QED) is 0.879. The van der Waals surface area contributed by atoms with Gasteiger partial charge in [0.15, 0.2) is 5.69 Å². The van der Waals surface area contributed by atoms with Crippen molar-refractivity contribution in [1.82, 2.24) is 20.4 Å². The van der Waals surface area contributed by atoms with E-state index < -0.39 is 0 Å². The number of fused-ring (bicyclic) bond motifs is 1. The maximum atomic E-state index is 12.5. The number of nitrogens with one attached hydrogen (secondary N) is 2. The molecule has 2 aromatic rings. The Morgan fingerprint density at radius 2 is 2.15 bits per heavy atom. The number of nitrogens with zero attached hydrogens (tertiary/aromatic N) is 2. The highest BCUT2D eigenvalue weighted by Crippen LogP contribution is 2.28. The van der Waals surface area contributed by atoms with Gasteiger partial charge in [0.2, 0.25) is 0 Å². The average molecular weight is 288 g/mol. The lowest BCUT2D eigenvalue weighted by atomic mass is 10.0. The maximum Gasteiger partial charge on any atom is 0.274 e. The van der Waals surface area contributed by atoms with Crippen LogP contribution in [0.25, 0.3) is 10.6 Å². The van der Waals surface area contributed by atoms with Crippen LogP contribution >= 0.6 is 11.3 Å². The molecule has 4 rings (SSSR count). The van der Waals surface area contributed by atoms with Crippen LogP contribution in [0, 0.1) is 11.8 Å². The minimum atomic E-state index is 0.0541. The Bertz CT molecular complexity index is 609. The fraction of sp³-hybridized carbons (Fsp3) is 0.429. The molecular formula is C14H16N4OS. The number of H-pyrrole nitrogens is 1. The number of carbonyl (C=O) groups excluding carboxylic acids is 1. The van der Waals surface area contributed by atoms with Gasteiger partial charge in [-0.3, -0.25) is 9.89 Å². The second-order valence-electron chi connectivity index (χ2n) is 5.53. The van der Waals surface area contributed by atoms with E-state index in [2.05, 4.69) is 15.5 Å². The van der Waals surface area contributed by atoms with Gasteiger partial charge in [0.1, 0.15) is 0 Å². The largest absolute Gasteiger partial charge is 0.337 e. The predicted octanol–water partition coefficient (Wildman–Crippen LogP) is 1.43. The first-order valence-corrected chi connectivity index (χ1v) is 7.78. The second kappa shape index (κ2) is 4.71. The summed E-state index contributed by atoms with van der Waals surface area (Å²) in [6.07, 6.45) is 0. The molecule has 0 radical (unpaired) electrons. The van der Waals surface area contributed by atoms with Crippen LogP contribution in [0.5, 0.6) is 0 Å². The molecule has 20 heavy (non-hydrogen) atoms. The second-order valence-corrected chi connectivity index (χ2v) is 6.48. The Morgan fingerprint density at radius 1 is 1.35 bits per heavy atom. The van der Waals surface area contributed by atoms with E-state index in [9.17, 15) is 4.79 Å². The molecule has 1 amide bonds. The van der Waals surface area contributed by atoms with E-state index in [-0.39, 0.29) is 5.91 Å². The first-order chi connectivity index (χ1) is 9.81. The van der Waals surface area contributed by atoms with E-state index in [1.807, 2.05) is 28.5 Å². The molecule has 2 atom stereocenters. The highest BCUT2D eigenvalue weighted by molar-refractivity contribution is 7.13. The van der Waals surface area contributed by atoms with Crippen molar-refractivity contribution in [3.63, 3.8) is 0 Å². The zero-order valence-corrected chi connectivity index (χ0v) is 11.8. The Hall–Kier alpha value is -1.66. The van der Waals surface area contributed by atoms with Crippen molar-refractivity contribution >= 4 is 17.2 Å². The third kappa shape index (κ3) is 1.96. The lowest BCUT2D eigenvalue weighted by molar-refractivity contribution is 0.0776. The number of aromatic nitrogens is 2. The molecule has 0 spiro atoms. The fourth-order valence-electron chi connectivity index (χ4n) is 3.17. The van der Waals surface area contributed by atoms with Crippen LogP contribution in [0.4, 0.5) is 0 Å². The van der Waals surface area contributed by atoms with Gasteiger partial charge in [0, 0.05) is 26.2 Å². The molecule has 2 aliphatic rings. The molecule has 2 saturated heterocycles. The summed E-state index contributed by atoms with van der Waals surface area (Å²) >= 11 is 1.64. The summed E-state index contributed by atoms with van der Waals surface area (Å²) in [5, 5.41) is 12.6. The van der Waals surface area contributed by atoms with Crippen LogP contribution < -0.4 is 5.32 Å². The van der Waals surface area contributed by atoms with Crippen LogP contribution in [-0.4, -0.2) is 47.2 Å². The number of amides is 1. The van der Waals surface area contributed by atoms with Gasteiger partial charge in [-0.1, -0.05) is 6.07 Å². The zero-order chi connectivity index (χ0) is 13.5. The maximum absolute atomic E-state index is 12.5. The Labute approximate surface area is 121 Å². The lowest BCUT2D eigenvalue weighted by Gasteiger charge is -2.15. The van der Waals surface area contributed by atoms with Gasteiger partial charge < -0.3 is 10.2 Å². The third-order valence-electron chi connectivity index (χ3n) is 4.26. The molecule has 0 bridgehead atoms. The molecule has 0 aromatic carbocycles. The standard InChI is InChI=1S/C14H16N4OS/c19-14(18-7-9-5-15-6-10(9)8-18)12-4-11(16-17-12)13-2-1-3-20-13/h1-4,9-10,15H,5-8H2,(H,16,17)/t9-,10+. The van der Waals surface area contributed by atoms with E-state index in [1.165, 1.54) is 0 Å². The van der Waals surface area contributed by atoms with E-state index in [4.69, 9.17) is 0 Å². The molecule has 2 fully saturated rings. The summed E-state index contributed by atoms with van der Waals surface area (Å²) in [6, 6.07) is 5.88. The Morgan fingerprint density at radius 3 is 2.85 bits per heavy atom. The molecule has 0 saturated carbocycles. The molecule has 2 N–H and O–H groups in total. The topological polar surface area (TPSA) is 61.0 Å². The smallest absolute Gasteiger partial charge is 0.274 e. The minimum absolute atomic E-state index is 0.0541. The highest BCUT2D eigenvalue weighted by Gasteiger charge is 2.38. The molecule has 4 heterocycles. The van der Waals surface area contributed by atoms with Gasteiger partial charge in [-0.25, -0.2) is 0 Å². The van der Waals surface area contributed by atoms with Gasteiger partial charge in [-0.05, 0) is 29.3 Å². The van der Waals surface area contributed by atoms with Crippen LogP contribution in [0.1, 0.15) is 10.5 Å². The summed E-state index contributed by atoms with van der Waals surface area (Å²) in [7, 11) is 0. The minimum Gasteiger partial charge on any atom is -0.337 e. The highest BCUT2D eigenvalue weighted by atomic mass is 32.1. The number of thiophene rings is 1. The van der Waals surface area contributed by atoms with E-state index in [1.54, 1.807) is 11.3 Å². The summed E-state index contributed by atoms with van der Waals surface area (Å²) in [4.78, 5) is 15.5. The van der Waals surface area contributed by atoms with Gasteiger partial charge >= 0.3 is 0 Å². The van der Waals surface area contributed by atoms with Gasteiger partial charge in [-0.2, -0.15) is 5.10 Å². The number of hydrogen-bond donors (Lipinski definition) is 2. The van der Waals surface area contributed by atoms with Crippen molar-refractivity contribution in [3.05, 3.63) is 29.3 Å². The van der Waals surface area contributed by atoms with E-state index in [0.717, 1.165) is 36.8 Å². The fourth-order valence-corrected chi connectivity index (χ4v) is 3.86. The summed E-state index contributed by atoms with van der Waals surface area (Å²) < 4.78 is 0. The van der Waals surface area contributed by atoms with E-state index >= 15 is 0 Å². The molecule has 0 unspecified atom stereocenters. The SMILES string of the molecule is O=C(c1cc(-c2cccs2)[nH]n1)N1C[C@H]2CNC[C@H]2C1. The molecule has 5 nitrogen and oxygen atoms in total. The first kappa shape index (κ1) is 12.1. The molecular weight excluding hydrogens is 272 g/mol. The summed E-state index contributed by atoms with van der Waals surface area (Å²) in [5.74, 6) is 1.29. The number of carbonyl (C=O) groups is 1. The van der Waals surface area contributed by atoms with Gasteiger partial charge in [0.25, 0.3) is 5.91 Å². The Kier molecular flexibility index (Phi) is 2.85. The van der Waals surface area contributed by atoms with Gasteiger partial charge in [0.05, 0.1) is 10.6 Å². The number of aromatic amines is 1. The van der Waals surface area contributed by atoms with Crippen molar-refractivity contribution < 1.29 is 4.79 Å². The van der Waals surface area contributed by atoms with E-state index in [0.29, 0.717) is 17.5 Å². The van der Waals surface area contributed by atoms with Crippen molar-refractivity contribution in [1.29, 1.82) is 0 Å². The summed E-state index contributed by atoms with van der Waals surface area (Å²) in [6.45, 7) is 3.79. The van der Waals surface area contributed by atoms with Crippen molar-refractivity contribution in [2.24, 2.45) is 11.8 Å². The van der Waals surface area contributed by atoms with Crippen molar-refractivity contribution in [2.45, 2.75) is 0 Å². The number of rotatable bonds is 2. The Balaban J connectivity index is 1.52. The third-order valence-corrected chi connectivity index (χ3v) is 5.16. The molecule has 6 heteroatoms. The average Bonchev–Trinajstić information content (AvgIpc) is 3.19. The summed E-state index contributed by atoms with van der Waals surface area (Å²) in [5.41, 5.74) is 1.45. The normalized spacial score (nSPS) is 25.1. The lowest BCUT2D eigenvalue weighted by Crippen LogP contribution is -2.32. The van der Waals surface area contributed by atoms with Crippen LogP contribution in [0.2, 0.25) is 0 Å². The van der Waals surface area contributed by atoms with Crippen molar-refractivity contribution in [2.75, 3.05) is 26.2 Å².